The highest BCUT2D eigenvalue weighted by molar-refractivity contribution is 7.15. The molecule has 0 aromatic carbocycles. The molecular weight excluding hydrogens is 260 g/mol. The quantitative estimate of drug-likeness (QED) is 0.750. The first kappa shape index (κ1) is 14.3. The number of unbranched alkanes of at least 4 members (excludes halogenated alkanes) is 1. The summed E-state index contributed by atoms with van der Waals surface area (Å²) in [6, 6.07) is 0. The van der Waals surface area contributed by atoms with Crippen molar-refractivity contribution in [1.29, 1.82) is 0 Å². The van der Waals surface area contributed by atoms with E-state index in [2.05, 4.69) is 33.7 Å². The summed E-state index contributed by atoms with van der Waals surface area (Å²) < 4.78 is 7.42. The second-order valence-corrected chi connectivity index (χ2v) is 5.68. The molecule has 0 aliphatic heterocycles. The smallest absolute Gasteiger partial charge is 0.237 e. The van der Waals surface area contributed by atoms with Crippen LogP contribution in [0, 0.1) is 0 Å². The number of methoxy groups -OCH3 is 1. The number of fused-ring (bicyclic) bond motifs is 1. The van der Waals surface area contributed by atoms with E-state index in [9.17, 15) is 0 Å². The molecule has 2 heterocycles. The molecule has 0 saturated carbocycles. The van der Waals surface area contributed by atoms with Crippen LogP contribution in [0.15, 0.2) is 11.6 Å². The summed E-state index contributed by atoms with van der Waals surface area (Å²) >= 11 is 1.63. The van der Waals surface area contributed by atoms with Crippen molar-refractivity contribution >= 4 is 16.3 Å². The minimum absolute atomic E-state index is 0.729. The van der Waals surface area contributed by atoms with Gasteiger partial charge in [-0.25, -0.2) is 0 Å². The third kappa shape index (κ3) is 3.68. The van der Waals surface area contributed by atoms with Crippen molar-refractivity contribution < 1.29 is 4.74 Å². The number of nitrogens with zero attached hydrogens (tertiary/aromatic N) is 3. The number of thiazole rings is 1. The molecule has 2 aromatic rings. The molecule has 0 amide bonds. The van der Waals surface area contributed by atoms with E-state index >= 15 is 0 Å². The molecule has 1 N–H and O–H groups in total. The van der Waals surface area contributed by atoms with Gasteiger partial charge in [0.15, 0.2) is 4.96 Å². The van der Waals surface area contributed by atoms with Crippen LogP contribution in [0.1, 0.15) is 18.5 Å². The topological polar surface area (TPSA) is 41.8 Å². The Bertz CT molecular complexity index is 506. The first-order valence-corrected chi connectivity index (χ1v) is 7.44. The molecule has 0 radical (unpaired) electrons. The minimum atomic E-state index is 0.729. The van der Waals surface area contributed by atoms with Crippen LogP contribution in [0.5, 0.6) is 5.88 Å². The van der Waals surface area contributed by atoms with Crippen LogP contribution in [-0.4, -0.2) is 48.6 Å². The highest BCUT2D eigenvalue weighted by Crippen LogP contribution is 2.22. The van der Waals surface area contributed by atoms with E-state index in [1.54, 1.807) is 18.4 Å². The van der Waals surface area contributed by atoms with Crippen LogP contribution in [0.4, 0.5) is 0 Å². The molecular formula is C13H22N4OS. The van der Waals surface area contributed by atoms with Gasteiger partial charge in [0, 0.05) is 18.1 Å². The predicted molar refractivity (Wildman–Crippen MR) is 79.1 cm³/mol. The summed E-state index contributed by atoms with van der Waals surface area (Å²) in [5.74, 6) is 0.729. The Labute approximate surface area is 118 Å². The maximum atomic E-state index is 5.33. The molecule has 2 rings (SSSR count). The number of rotatable bonds is 8. The molecule has 2 aromatic heterocycles. The summed E-state index contributed by atoms with van der Waals surface area (Å²) in [5, 5.41) is 5.51. The van der Waals surface area contributed by atoms with Crippen LogP contribution in [-0.2, 0) is 6.54 Å². The van der Waals surface area contributed by atoms with Gasteiger partial charge in [-0.15, -0.1) is 11.3 Å². The van der Waals surface area contributed by atoms with Crippen molar-refractivity contribution in [3.05, 3.63) is 17.3 Å². The molecule has 19 heavy (non-hydrogen) atoms. The Morgan fingerprint density at radius 1 is 1.42 bits per heavy atom. The molecule has 5 nitrogen and oxygen atoms in total. The zero-order valence-corrected chi connectivity index (χ0v) is 12.7. The number of hydrogen-bond donors (Lipinski definition) is 1. The molecule has 0 atom stereocenters. The van der Waals surface area contributed by atoms with E-state index in [0.717, 1.165) is 36.2 Å². The van der Waals surface area contributed by atoms with Crippen molar-refractivity contribution in [2.45, 2.75) is 19.4 Å². The fourth-order valence-corrected chi connectivity index (χ4v) is 2.75. The van der Waals surface area contributed by atoms with Crippen molar-refractivity contribution in [2.24, 2.45) is 0 Å². The first-order chi connectivity index (χ1) is 9.22. The highest BCUT2D eigenvalue weighted by Gasteiger charge is 2.12. The second kappa shape index (κ2) is 6.88. The van der Waals surface area contributed by atoms with Crippen molar-refractivity contribution in [3.63, 3.8) is 0 Å². The van der Waals surface area contributed by atoms with Crippen LogP contribution < -0.4 is 10.1 Å². The van der Waals surface area contributed by atoms with Crippen molar-refractivity contribution in [2.75, 3.05) is 34.3 Å². The Kier molecular flexibility index (Phi) is 5.18. The Morgan fingerprint density at radius 3 is 3.00 bits per heavy atom. The number of imidazole rings is 1. The lowest BCUT2D eigenvalue weighted by atomic mass is 10.3. The fourth-order valence-electron chi connectivity index (χ4n) is 2.02. The van der Waals surface area contributed by atoms with Gasteiger partial charge in [-0.2, -0.15) is 4.98 Å². The number of aromatic nitrogens is 2. The maximum absolute atomic E-state index is 5.33. The van der Waals surface area contributed by atoms with Gasteiger partial charge >= 0.3 is 0 Å². The Hall–Kier alpha value is -1.11. The molecule has 0 aliphatic rings. The third-order valence-electron chi connectivity index (χ3n) is 3.02. The van der Waals surface area contributed by atoms with E-state index < -0.39 is 0 Å². The average molecular weight is 282 g/mol. The molecule has 0 spiro atoms. The van der Waals surface area contributed by atoms with Gasteiger partial charge in [-0.1, -0.05) is 0 Å². The van der Waals surface area contributed by atoms with Crippen molar-refractivity contribution in [1.82, 2.24) is 19.6 Å². The van der Waals surface area contributed by atoms with Gasteiger partial charge in [-0.05, 0) is 40.0 Å². The van der Waals surface area contributed by atoms with Gasteiger partial charge < -0.3 is 15.0 Å². The van der Waals surface area contributed by atoms with E-state index in [1.165, 1.54) is 12.8 Å². The van der Waals surface area contributed by atoms with Gasteiger partial charge in [0.1, 0.15) is 5.69 Å². The predicted octanol–water partition coefficient (Wildman–Crippen LogP) is 1.84. The zero-order valence-electron chi connectivity index (χ0n) is 11.8. The molecule has 0 bridgehead atoms. The molecule has 0 fully saturated rings. The minimum Gasteiger partial charge on any atom is -0.480 e. The van der Waals surface area contributed by atoms with Gasteiger partial charge in [0.05, 0.1) is 7.11 Å². The van der Waals surface area contributed by atoms with Crippen LogP contribution >= 0.6 is 11.3 Å². The normalized spacial score (nSPS) is 11.6. The summed E-state index contributed by atoms with van der Waals surface area (Å²) in [4.78, 5) is 7.65. The van der Waals surface area contributed by atoms with E-state index in [1.807, 2.05) is 11.6 Å². The van der Waals surface area contributed by atoms with Crippen LogP contribution in [0.25, 0.3) is 4.96 Å². The maximum Gasteiger partial charge on any atom is 0.237 e. The summed E-state index contributed by atoms with van der Waals surface area (Å²) in [6.07, 6.45) is 4.45. The van der Waals surface area contributed by atoms with Gasteiger partial charge in [0.25, 0.3) is 0 Å². The Balaban J connectivity index is 1.82. The lowest BCUT2D eigenvalue weighted by Gasteiger charge is -2.09. The van der Waals surface area contributed by atoms with E-state index in [0.29, 0.717) is 0 Å². The SMILES string of the molecule is COc1nc2sccn2c1CNCCCCN(C)C. The van der Waals surface area contributed by atoms with Crippen LogP contribution in [0.2, 0.25) is 0 Å². The fraction of sp³-hybridized carbons (Fsp3) is 0.615. The molecule has 0 unspecified atom stereocenters. The standard InChI is InChI=1S/C13H22N4OS/c1-16(2)7-5-4-6-14-10-11-12(18-3)15-13-17(11)8-9-19-13/h8-9,14H,4-7,10H2,1-3H3. The van der Waals surface area contributed by atoms with Gasteiger partial charge in [-0.3, -0.25) is 4.40 Å². The summed E-state index contributed by atoms with van der Waals surface area (Å²) in [5.41, 5.74) is 1.10. The van der Waals surface area contributed by atoms with Crippen LogP contribution in [0.3, 0.4) is 0 Å². The highest BCUT2D eigenvalue weighted by atomic mass is 32.1. The summed E-state index contributed by atoms with van der Waals surface area (Å²) in [7, 11) is 5.89. The lowest BCUT2D eigenvalue weighted by Crippen LogP contribution is -2.19. The number of nitrogens with one attached hydrogen (secondary N) is 1. The Morgan fingerprint density at radius 2 is 2.26 bits per heavy atom. The molecule has 0 aliphatic carbocycles. The number of ether oxygens (including phenoxy) is 1. The first-order valence-electron chi connectivity index (χ1n) is 6.56. The van der Waals surface area contributed by atoms with E-state index in [4.69, 9.17) is 4.74 Å². The average Bonchev–Trinajstić information content (AvgIpc) is 2.94. The third-order valence-corrected chi connectivity index (χ3v) is 3.78. The number of hydrogen-bond acceptors (Lipinski definition) is 5. The van der Waals surface area contributed by atoms with E-state index in [-0.39, 0.29) is 0 Å². The molecule has 6 heteroatoms. The largest absolute Gasteiger partial charge is 0.480 e. The van der Waals surface area contributed by atoms with Crippen molar-refractivity contribution in [3.8, 4) is 5.88 Å². The van der Waals surface area contributed by atoms with Gasteiger partial charge in [0.2, 0.25) is 5.88 Å². The molecule has 106 valence electrons. The summed E-state index contributed by atoms with van der Waals surface area (Å²) in [6.45, 7) is 2.96. The second-order valence-electron chi connectivity index (χ2n) is 4.81. The molecule has 0 saturated heterocycles. The lowest BCUT2D eigenvalue weighted by molar-refractivity contribution is 0.386. The zero-order chi connectivity index (χ0) is 13.7. The monoisotopic (exact) mass is 282 g/mol.